The molecule has 2 amide bonds. The number of rotatable bonds is 3. The summed E-state index contributed by atoms with van der Waals surface area (Å²) in [6, 6.07) is 9.39. The number of anilines is 1. The van der Waals surface area contributed by atoms with Gasteiger partial charge >= 0.3 is 0 Å². The van der Waals surface area contributed by atoms with Crippen molar-refractivity contribution in [1.82, 2.24) is 19.8 Å². The molecule has 1 N–H and O–H groups in total. The number of nitrogens with zero attached hydrogens (tertiary/aromatic N) is 4. The van der Waals surface area contributed by atoms with E-state index < -0.39 is 0 Å². The van der Waals surface area contributed by atoms with Crippen LogP contribution in [0.15, 0.2) is 30.3 Å². The molecule has 1 saturated heterocycles. The van der Waals surface area contributed by atoms with Gasteiger partial charge < -0.3 is 15.1 Å². The molecule has 0 aliphatic carbocycles. The van der Waals surface area contributed by atoms with Crippen LogP contribution in [0.5, 0.6) is 0 Å². The zero-order valence-electron chi connectivity index (χ0n) is 16.3. The maximum atomic E-state index is 12.7. The van der Waals surface area contributed by atoms with Gasteiger partial charge in [-0.05, 0) is 18.6 Å². The largest absolute Gasteiger partial charge is 0.373 e. The van der Waals surface area contributed by atoms with E-state index in [-0.39, 0.29) is 17.7 Å². The Kier molecular flexibility index (Phi) is 4.98. The molecule has 1 aromatic carbocycles. The second-order valence-electron chi connectivity index (χ2n) is 7.40. The normalized spacial score (nSPS) is 18.7. The van der Waals surface area contributed by atoms with Gasteiger partial charge in [0.25, 0.3) is 5.91 Å². The Morgan fingerprint density at radius 1 is 1.11 bits per heavy atom. The number of fused-ring (bicyclic) bond motifs is 1. The van der Waals surface area contributed by atoms with Gasteiger partial charge in [-0.25, -0.2) is 9.97 Å². The first-order chi connectivity index (χ1) is 13.6. The molecule has 28 heavy (non-hydrogen) atoms. The highest BCUT2D eigenvalue weighted by Crippen LogP contribution is 2.30. The first kappa shape index (κ1) is 18.4. The molecule has 0 bridgehead atoms. The van der Waals surface area contributed by atoms with Crippen LogP contribution in [0.1, 0.15) is 46.7 Å². The van der Waals surface area contributed by atoms with E-state index in [4.69, 9.17) is 9.97 Å². The SMILES string of the molecule is CNc1nc([C@@H]2CCN(C(=O)c3ccccc3)C2)nc2c1CN(C(C)=O)CC2. The average molecular weight is 379 g/mol. The van der Waals surface area contributed by atoms with E-state index in [1.807, 2.05) is 47.2 Å². The smallest absolute Gasteiger partial charge is 0.253 e. The molecule has 0 radical (unpaired) electrons. The van der Waals surface area contributed by atoms with Gasteiger partial charge in [-0.2, -0.15) is 0 Å². The van der Waals surface area contributed by atoms with Crippen LogP contribution in [0, 0.1) is 0 Å². The predicted molar refractivity (Wildman–Crippen MR) is 106 cm³/mol. The van der Waals surface area contributed by atoms with Gasteiger partial charge in [-0.15, -0.1) is 0 Å². The van der Waals surface area contributed by atoms with Gasteiger partial charge in [0.05, 0.1) is 12.2 Å². The van der Waals surface area contributed by atoms with Crippen molar-refractivity contribution in [2.75, 3.05) is 32.0 Å². The molecule has 0 saturated carbocycles. The van der Waals surface area contributed by atoms with Gasteiger partial charge in [0.15, 0.2) is 0 Å². The Bertz CT molecular complexity index is 882. The zero-order valence-corrected chi connectivity index (χ0v) is 16.3. The summed E-state index contributed by atoms with van der Waals surface area (Å²) in [6.07, 6.45) is 1.60. The maximum Gasteiger partial charge on any atom is 0.253 e. The van der Waals surface area contributed by atoms with Crippen molar-refractivity contribution in [3.05, 3.63) is 53.0 Å². The van der Waals surface area contributed by atoms with Crippen molar-refractivity contribution in [3.8, 4) is 0 Å². The lowest BCUT2D eigenvalue weighted by atomic mass is 10.0. The lowest BCUT2D eigenvalue weighted by Crippen LogP contribution is -2.35. The fraction of sp³-hybridized carbons (Fsp3) is 0.429. The van der Waals surface area contributed by atoms with Crippen LogP contribution in [-0.4, -0.2) is 58.3 Å². The van der Waals surface area contributed by atoms with Crippen LogP contribution < -0.4 is 5.32 Å². The van der Waals surface area contributed by atoms with Crippen LogP contribution in [0.25, 0.3) is 0 Å². The highest BCUT2D eigenvalue weighted by molar-refractivity contribution is 5.94. The number of carbonyl (C=O) groups excluding carboxylic acids is 2. The molecule has 3 heterocycles. The number of hydrogen-bond acceptors (Lipinski definition) is 5. The van der Waals surface area contributed by atoms with Crippen molar-refractivity contribution in [2.45, 2.75) is 32.2 Å². The third kappa shape index (κ3) is 3.44. The Labute approximate surface area is 164 Å². The number of nitrogens with one attached hydrogen (secondary N) is 1. The fourth-order valence-corrected chi connectivity index (χ4v) is 4.01. The number of hydrogen-bond donors (Lipinski definition) is 1. The van der Waals surface area contributed by atoms with E-state index in [9.17, 15) is 9.59 Å². The van der Waals surface area contributed by atoms with Crippen molar-refractivity contribution in [1.29, 1.82) is 0 Å². The number of aromatic nitrogens is 2. The molecule has 0 unspecified atom stereocenters. The second-order valence-corrected chi connectivity index (χ2v) is 7.40. The summed E-state index contributed by atoms with van der Waals surface area (Å²) in [5, 5.41) is 3.17. The first-order valence-electron chi connectivity index (χ1n) is 9.74. The summed E-state index contributed by atoms with van der Waals surface area (Å²) in [4.78, 5) is 37.7. The molecular weight excluding hydrogens is 354 g/mol. The van der Waals surface area contributed by atoms with E-state index in [2.05, 4.69) is 5.32 Å². The van der Waals surface area contributed by atoms with Gasteiger partial charge in [-0.3, -0.25) is 9.59 Å². The Hall–Kier alpha value is -2.96. The van der Waals surface area contributed by atoms with Crippen LogP contribution in [0.4, 0.5) is 5.82 Å². The first-order valence-corrected chi connectivity index (χ1v) is 9.74. The summed E-state index contributed by atoms with van der Waals surface area (Å²) in [6.45, 7) is 4.17. The summed E-state index contributed by atoms with van der Waals surface area (Å²) >= 11 is 0. The third-order valence-corrected chi connectivity index (χ3v) is 5.62. The minimum absolute atomic E-state index is 0.0620. The predicted octanol–water partition coefficient (Wildman–Crippen LogP) is 2.05. The summed E-state index contributed by atoms with van der Waals surface area (Å²) in [7, 11) is 1.85. The average Bonchev–Trinajstić information content (AvgIpc) is 3.22. The monoisotopic (exact) mass is 379 g/mol. The molecular formula is C21H25N5O2. The molecule has 0 spiro atoms. The quantitative estimate of drug-likeness (QED) is 0.883. The minimum Gasteiger partial charge on any atom is -0.373 e. The van der Waals surface area contributed by atoms with E-state index >= 15 is 0 Å². The van der Waals surface area contributed by atoms with E-state index in [1.54, 1.807) is 6.92 Å². The van der Waals surface area contributed by atoms with Crippen molar-refractivity contribution >= 4 is 17.6 Å². The molecule has 1 fully saturated rings. The topological polar surface area (TPSA) is 78.4 Å². The number of amides is 2. The number of benzene rings is 1. The molecule has 7 nitrogen and oxygen atoms in total. The fourth-order valence-electron chi connectivity index (χ4n) is 4.01. The van der Waals surface area contributed by atoms with Crippen LogP contribution >= 0.6 is 0 Å². The molecule has 1 atom stereocenters. The molecule has 1 aromatic heterocycles. The molecule has 4 rings (SSSR count). The van der Waals surface area contributed by atoms with Crippen molar-refractivity contribution < 1.29 is 9.59 Å². The van der Waals surface area contributed by atoms with Gasteiger partial charge in [0.2, 0.25) is 5.91 Å². The Morgan fingerprint density at radius 3 is 2.61 bits per heavy atom. The summed E-state index contributed by atoms with van der Waals surface area (Å²) in [5.41, 5.74) is 2.73. The lowest BCUT2D eigenvalue weighted by Gasteiger charge is -2.29. The van der Waals surface area contributed by atoms with Crippen LogP contribution in [-0.2, 0) is 17.8 Å². The molecule has 7 heteroatoms. The van der Waals surface area contributed by atoms with Crippen molar-refractivity contribution in [3.63, 3.8) is 0 Å². The summed E-state index contributed by atoms with van der Waals surface area (Å²) < 4.78 is 0. The third-order valence-electron chi connectivity index (χ3n) is 5.62. The maximum absolute atomic E-state index is 12.7. The molecule has 2 aliphatic rings. The lowest BCUT2D eigenvalue weighted by molar-refractivity contribution is -0.129. The van der Waals surface area contributed by atoms with Gasteiger partial charge in [0, 0.05) is 57.1 Å². The Balaban J connectivity index is 1.54. The Morgan fingerprint density at radius 2 is 1.89 bits per heavy atom. The molecule has 2 aromatic rings. The minimum atomic E-state index is 0.0620. The standard InChI is InChI=1S/C21H25N5O2/c1-14(27)25-11-9-18-17(13-25)20(22-2)24-19(23-18)16-8-10-26(12-16)21(28)15-6-4-3-5-7-15/h3-7,16H,8-13H2,1-2H3,(H,22,23,24)/t16-/m1/s1. The second kappa shape index (κ2) is 7.58. The number of likely N-dealkylation sites (tertiary alicyclic amines) is 1. The van der Waals surface area contributed by atoms with Crippen LogP contribution in [0.3, 0.4) is 0 Å². The molecule has 2 aliphatic heterocycles. The summed E-state index contributed by atoms with van der Waals surface area (Å²) in [5.74, 6) is 1.85. The van der Waals surface area contributed by atoms with E-state index in [1.165, 1.54) is 0 Å². The van der Waals surface area contributed by atoms with Crippen molar-refractivity contribution in [2.24, 2.45) is 0 Å². The molecule has 146 valence electrons. The highest BCUT2D eigenvalue weighted by atomic mass is 16.2. The van der Waals surface area contributed by atoms with Gasteiger partial charge in [0.1, 0.15) is 11.6 Å². The van der Waals surface area contributed by atoms with E-state index in [0.717, 1.165) is 41.3 Å². The van der Waals surface area contributed by atoms with E-state index in [0.29, 0.717) is 26.2 Å². The van der Waals surface area contributed by atoms with Crippen LogP contribution in [0.2, 0.25) is 0 Å². The number of carbonyl (C=O) groups is 2. The highest BCUT2D eigenvalue weighted by Gasteiger charge is 2.32. The zero-order chi connectivity index (χ0) is 19.7. The van der Waals surface area contributed by atoms with Gasteiger partial charge in [-0.1, -0.05) is 18.2 Å².